The van der Waals surface area contributed by atoms with Crippen LogP contribution in [0.4, 0.5) is 4.39 Å². The number of hydrogen-bond donors (Lipinski definition) is 1. The Bertz CT molecular complexity index is 463. The Morgan fingerprint density at radius 1 is 1.53 bits per heavy atom. The van der Waals surface area contributed by atoms with Crippen LogP contribution in [0.5, 0.6) is 0 Å². The number of rotatable bonds is 5. The van der Waals surface area contributed by atoms with Crippen molar-refractivity contribution in [3.05, 3.63) is 35.6 Å². The van der Waals surface area contributed by atoms with Gasteiger partial charge in [0.15, 0.2) is 0 Å². The van der Waals surface area contributed by atoms with E-state index in [-0.39, 0.29) is 5.82 Å². The summed E-state index contributed by atoms with van der Waals surface area (Å²) in [6, 6.07) is 6.51. The van der Waals surface area contributed by atoms with Gasteiger partial charge in [-0.3, -0.25) is 9.69 Å². The maximum atomic E-state index is 13.1. The molecule has 1 N–H and O–H groups in total. The van der Waals surface area contributed by atoms with Crippen molar-refractivity contribution in [3.63, 3.8) is 0 Å². The van der Waals surface area contributed by atoms with Gasteiger partial charge in [0.1, 0.15) is 5.82 Å². The van der Waals surface area contributed by atoms with Crippen molar-refractivity contribution in [2.45, 2.75) is 32.7 Å². The van der Waals surface area contributed by atoms with Crippen molar-refractivity contribution in [1.82, 2.24) is 4.90 Å². The minimum atomic E-state index is -0.698. The lowest BCUT2D eigenvalue weighted by Crippen LogP contribution is -2.34. The molecule has 104 valence electrons. The first-order chi connectivity index (χ1) is 9.05. The second-order valence-corrected chi connectivity index (χ2v) is 5.43. The number of carbonyl (C=O) groups is 1. The van der Waals surface area contributed by atoms with Gasteiger partial charge in [0.2, 0.25) is 0 Å². The summed E-state index contributed by atoms with van der Waals surface area (Å²) < 4.78 is 13.1. The van der Waals surface area contributed by atoms with E-state index < -0.39 is 11.4 Å². The van der Waals surface area contributed by atoms with E-state index in [1.165, 1.54) is 12.1 Å². The van der Waals surface area contributed by atoms with E-state index >= 15 is 0 Å². The van der Waals surface area contributed by atoms with Crippen LogP contribution in [0.25, 0.3) is 0 Å². The lowest BCUT2D eigenvalue weighted by molar-refractivity contribution is -0.148. The second kappa shape index (κ2) is 5.70. The van der Waals surface area contributed by atoms with Gasteiger partial charge in [-0.25, -0.2) is 4.39 Å². The highest BCUT2D eigenvalue weighted by Gasteiger charge is 2.43. The molecule has 0 saturated carbocycles. The number of halogens is 1. The number of carboxylic acid groups (broad SMARTS) is 1. The molecule has 1 unspecified atom stereocenters. The van der Waals surface area contributed by atoms with Crippen LogP contribution in [-0.4, -0.2) is 29.1 Å². The molecule has 0 radical (unpaired) electrons. The third-order valence-corrected chi connectivity index (χ3v) is 3.91. The molecule has 3 nitrogen and oxygen atoms in total. The molecule has 1 saturated heterocycles. The highest BCUT2D eigenvalue weighted by Crippen LogP contribution is 2.36. The van der Waals surface area contributed by atoms with Gasteiger partial charge in [-0.1, -0.05) is 25.5 Å². The SMILES string of the molecule is CCCC1(C(=O)O)CCN(Cc2cccc(F)c2)C1. The van der Waals surface area contributed by atoms with Gasteiger partial charge >= 0.3 is 5.97 Å². The summed E-state index contributed by atoms with van der Waals surface area (Å²) >= 11 is 0. The molecule has 1 aromatic rings. The Balaban J connectivity index is 2.03. The summed E-state index contributed by atoms with van der Waals surface area (Å²) in [5.74, 6) is -0.939. The van der Waals surface area contributed by atoms with E-state index in [1.54, 1.807) is 6.07 Å². The number of likely N-dealkylation sites (tertiary alicyclic amines) is 1. The summed E-state index contributed by atoms with van der Waals surface area (Å²) in [4.78, 5) is 13.6. The average molecular weight is 265 g/mol. The van der Waals surface area contributed by atoms with Crippen LogP contribution >= 0.6 is 0 Å². The van der Waals surface area contributed by atoms with Gasteiger partial charge in [-0.2, -0.15) is 0 Å². The molecule has 0 aromatic heterocycles. The fraction of sp³-hybridized carbons (Fsp3) is 0.533. The molecule has 1 fully saturated rings. The quantitative estimate of drug-likeness (QED) is 0.890. The highest BCUT2D eigenvalue weighted by molar-refractivity contribution is 5.75. The summed E-state index contributed by atoms with van der Waals surface area (Å²) in [6.45, 7) is 3.96. The summed E-state index contributed by atoms with van der Waals surface area (Å²) in [6.07, 6.45) is 2.27. The largest absolute Gasteiger partial charge is 0.481 e. The standard InChI is InChI=1S/C15H20FNO2/c1-2-6-15(14(18)19)7-8-17(11-15)10-12-4-3-5-13(16)9-12/h3-5,9H,2,6-8,10-11H2,1H3,(H,18,19). The van der Waals surface area contributed by atoms with E-state index in [0.717, 1.165) is 18.5 Å². The number of hydrogen-bond acceptors (Lipinski definition) is 2. The van der Waals surface area contributed by atoms with Crippen molar-refractivity contribution < 1.29 is 14.3 Å². The Morgan fingerprint density at radius 3 is 2.95 bits per heavy atom. The zero-order chi connectivity index (χ0) is 13.9. The van der Waals surface area contributed by atoms with E-state index in [1.807, 2.05) is 13.0 Å². The maximum absolute atomic E-state index is 13.1. The molecule has 1 aliphatic rings. The van der Waals surface area contributed by atoms with Crippen molar-refractivity contribution >= 4 is 5.97 Å². The molecule has 1 heterocycles. The Hall–Kier alpha value is -1.42. The molecule has 0 amide bonds. The number of benzene rings is 1. The van der Waals surface area contributed by atoms with Crippen LogP contribution in [-0.2, 0) is 11.3 Å². The van der Waals surface area contributed by atoms with Crippen LogP contribution in [0.3, 0.4) is 0 Å². The minimum absolute atomic E-state index is 0.241. The normalized spacial score (nSPS) is 23.7. The van der Waals surface area contributed by atoms with E-state index in [2.05, 4.69) is 4.90 Å². The predicted molar refractivity (Wildman–Crippen MR) is 71.3 cm³/mol. The van der Waals surface area contributed by atoms with Gasteiger partial charge in [-0.15, -0.1) is 0 Å². The van der Waals surface area contributed by atoms with E-state index in [0.29, 0.717) is 25.9 Å². The predicted octanol–water partition coefficient (Wildman–Crippen LogP) is 2.90. The smallest absolute Gasteiger partial charge is 0.310 e. The van der Waals surface area contributed by atoms with Gasteiger partial charge in [0, 0.05) is 13.1 Å². The fourth-order valence-corrected chi connectivity index (χ4v) is 2.95. The number of nitrogens with zero attached hydrogens (tertiary/aromatic N) is 1. The lowest BCUT2D eigenvalue weighted by atomic mass is 9.83. The minimum Gasteiger partial charge on any atom is -0.481 e. The van der Waals surface area contributed by atoms with Crippen LogP contribution in [0.1, 0.15) is 31.7 Å². The molecular weight excluding hydrogens is 245 g/mol. The van der Waals surface area contributed by atoms with Crippen molar-refractivity contribution in [1.29, 1.82) is 0 Å². The number of aliphatic carboxylic acids is 1. The maximum Gasteiger partial charge on any atom is 0.310 e. The first-order valence-electron chi connectivity index (χ1n) is 6.76. The Morgan fingerprint density at radius 2 is 2.32 bits per heavy atom. The zero-order valence-corrected chi connectivity index (χ0v) is 11.2. The summed E-state index contributed by atoms with van der Waals surface area (Å²) in [5.41, 5.74) is 0.292. The van der Waals surface area contributed by atoms with Gasteiger partial charge in [0.25, 0.3) is 0 Å². The first kappa shape index (κ1) is 14.0. The highest BCUT2D eigenvalue weighted by atomic mass is 19.1. The summed E-state index contributed by atoms with van der Waals surface area (Å²) in [7, 11) is 0. The monoisotopic (exact) mass is 265 g/mol. The average Bonchev–Trinajstić information content (AvgIpc) is 2.74. The molecule has 1 aliphatic heterocycles. The van der Waals surface area contributed by atoms with Crippen LogP contribution in [0.15, 0.2) is 24.3 Å². The zero-order valence-electron chi connectivity index (χ0n) is 11.2. The topological polar surface area (TPSA) is 40.5 Å². The Labute approximate surface area is 113 Å². The first-order valence-corrected chi connectivity index (χ1v) is 6.76. The van der Waals surface area contributed by atoms with E-state index in [4.69, 9.17) is 0 Å². The van der Waals surface area contributed by atoms with E-state index in [9.17, 15) is 14.3 Å². The molecule has 0 spiro atoms. The van der Waals surface area contributed by atoms with Gasteiger partial charge in [0.05, 0.1) is 5.41 Å². The van der Waals surface area contributed by atoms with Crippen LogP contribution in [0.2, 0.25) is 0 Å². The molecule has 1 aromatic carbocycles. The van der Waals surface area contributed by atoms with Crippen molar-refractivity contribution in [3.8, 4) is 0 Å². The van der Waals surface area contributed by atoms with Crippen LogP contribution < -0.4 is 0 Å². The molecule has 19 heavy (non-hydrogen) atoms. The lowest BCUT2D eigenvalue weighted by Gasteiger charge is -2.24. The molecular formula is C15H20FNO2. The second-order valence-electron chi connectivity index (χ2n) is 5.43. The Kier molecular flexibility index (Phi) is 4.20. The molecule has 2 rings (SSSR count). The summed E-state index contributed by atoms with van der Waals surface area (Å²) in [5, 5.41) is 9.44. The van der Waals surface area contributed by atoms with Crippen LogP contribution in [0, 0.1) is 11.2 Å². The van der Waals surface area contributed by atoms with Crippen molar-refractivity contribution in [2.24, 2.45) is 5.41 Å². The van der Waals surface area contributed by atoms with Gasteiger partial charge < -0.3 is 5.11 Å². The third-order valence-electron chi connectivity index (χ3n) is 3.91. The van der Waals surface area contributed by atoms with Gasteiger partial charge in [-0.05, 0) is 37.1 Å². The number of carboxylic acids is 1. The molecule has 1 atom stereocenters. The molecule has 0 aliphatic carbocycles. The molecule has 4 heteroatoms. The van der Waals surface area contributed by atoms with Crippen molar-refractivity contribution in [2.75, 3.05) is 13.1 Å². The fourth-order valence-electron chi connectivity index (χ4n) is 2.95. The molecule has 0 bridgehead atoms. The third kappa shape index (κ3) is 3.13.